The zero-order chi connectivity index (χ0) is 20.7. The van der Waals surface area contributed by atoms with E-state index >= 15 is 0 Å². The number of hydrogen-bond donors (Lipinski definition) is 0. The number of rotatable bonds is 10. The maximum absolute atomic E-state index is 12.7. The summed E-state index contributed by atoms with van der Waals surface area (Å²) >= 11 is 1.26. The Morgan fingerprint density at radius 2 is 1.75 bits per heavy atom. The lowest BCUT2D eigenvalue weighted by Gasteiger charge is -2.33. The van der Waals surface area contributed by atoms with Crippen molar-refractivity contribution in [3.05, 3.63) is 18.2 Å². The van der Waals surface area contributed by atoms with E-state index in [1.807, 2.05) is 11.0 Å². The Bertz CT molecular complexity index is 771. The lowest BCUT2D eigenvalue weighted by Crippen LogP contribution is -2.45. The van der Waals surface area contributed by atoms with Crippen LogP contribution in [0.3, 0.4) is 0 Å². The number of methoxy groups -OCH3 is 2. The highest BCUT2D eigenvalue weighted by Gasteiger charge is 2.24. The van der Waals surface area contributed by atoms with Crippen LogP contribution in [-0.4, -0.2) is 53.1 Å². The highest BCUT2D eigenvalue weighted by atomic mass is 32.2. The first-order valence-electron chi connectivity index (χ1n) is 9.44. The SMILES string of the molecule is CC[C@H](C)N(C(=O)CSc1nnc(-c2ccc(OC)c(OC)c2)o1)[C@@H](C)CC. The second-order valence-corrected chi connectivity index (χ2v) is 7.47. The zero-order valence-electron chi connectivity index (χ0n) is 17.4. The van der Waals surface area contributed by atoms with E-state index in [1.54, 1.807) is 26.4 Å². The van der Waals surface area contributed by atoms with Gasteiger partial charge in [-0.25, -0.2) is 0 Å². The molecule has 0 saturated heterocycles. The minimum atomic E-state index is 0.0829. The summed E-state index contributed by atoms with van der Waals surface area (Å²) in [6, 6.07) is 5.79. The van der Waals surface area contributed by atoms with Gasteiger partial charge in [-0.05, 0) is 44.9 Å². The number of nitrogens with zero attached hydrogens (tertiary/aromatic N) is 3. The van der Waals surface area contributed by atoms with E-state index in [9.17, 15) is 4.79 Å². The molecule has 0 aliphatic rings. The average Bonchev–Trinajstić information content (AvgIpc) is 3.20. The molecule has 8 heteroatoms. The van der Waals surface area contributed by atoms with Crippen molar-refractivity contribution in [3.8, 4) is 23.0 Å². The largest absolute Gasteiger partial charge is 0.493 e. The monoisotopic (exact) mass is 407 g/mol. The van der Waals surface area contributed by atoms with Crippen molar-refractivity contribution in [1.29, 1.82) is 0 Å². The van der Waals surface area contributed by atoms with E-state index in [0.717, 1.165) is 18.4 Å². The van der Waals surface area contributed by atoms with Crippen LogP contribution >= 0.6 is 11.8 Å². The van der Waals surface area contributed by atoms with Crippen LogP contribution in [-0.2, 0) is 4.79 Å². The third-order valence-corrected chi connectivity index (χ3v) is 5.58. The van der Waals surface area contributed by atoms with Crippen LogP contribution in [0, 0.1) is 0 Å². The standard InChI is InChI=1S/C20H29N3O4S/c1-7-13(3)23(14(4)8-2)18(24)12-28-20-22-21-19(27-20)15-9-10-16(25-5)17(11-15)26-6/h9-11,13-14H,7-8,12H2,1-6H3/t13-,14-/m0/s1. The quantitative estimate of drug-likeness (QED) is 0.544. The molecule has 28 heavy (non-hydrogen) atoms. The molecule has 2 atom stereocenters. The molecule has 2 aromatic rings. The van der Waals surface area contributed by atoms with E-state index in [0.29, 0.717) is 22.6 Å². The summed E-state index contributed by atoms with van der Waals surface area (Å²) in [6.07, 6.45) is 1.84. The van der Waals surface area contributed by atoms with Crippen molar-refractivity contribution in [2.45, 2.75) is 57.8 Å². The van der Waals surface area contributed by atoms with Crippen molar-refractivity contribution in [3.63, 3.8) is 0 Å². The molecule has 0 fully saturated rings. The van der Waals surface area contributed by atoms with Gasteiger partial charge in [-0.1, -0.05) is 25.6 Å². The number of carbonyl (C=O) groups is 1. The third kappa shape index (κ3) is 5.19. The maximum atomic E-state index is 12.7. The zero-order valence-corrected chi connectivity index (χ0v) is 18.2. The maximum Gasteiger partial charge on any atom is 0.277 e. The Kier molecular flexibility index (Phi) is 8.17. The molecule has 0 spiro atoms. The van der Waals surface area contributed by atoms with Gasteiger partial charge >= 0.3 is 0 Å². The van der Waals surface area contributed by atoms with Gasteiger partial charge in [0, 0.05) is 17.6 Å². The molecule has 2 rings (SSSR count). The van der Waals surface area contributed by atoms with Crippen molar-refractivity contribution < 1.29 is 18.7 Å². The average molecular weight is 408 g/mol. The summed E-state index contributed by atoms with van der Waals surface area (Å²) in [5.74, 6) is 1.93. The number of benzene rings is 1. The first kappa shape index (κ1) is 22.1. The van der Waals surface area contributed by atoms with Crippen LogP contribution in [0.5, 0.6) is 11.5 Å². The van der Waals surface area contributed by atoms with Gasteiger partial charge in [0.15, 0.2) is 11.5 Å². The minimum absolute atomic E-state index is 0.0829. The second-order valence-electron chi connectivity index (χ2n) is 6.55. The lowest BCUT2D eigenvalue weighted by atomic mass is 10.1. The van der Waals surface area contributed by atoms with Crippen molar-refractivity contribution in [2.75, 3.05) is 20.0 Å². The van der Waals surface area contributed by atoms with Crippen LogP contribution in [0.2, 0.25) is 0 Å². The molecule has 154 valence electrons. The first-order valence-corrected chi connectivity index (χ1v) is 10.4. The summed E-state index contributed by atoms with van der Waals surface area (Å²) in [5.41, 5.74) is 0.726. The highest BCUT2D eigenvalue weighted by molar-refractivity contribution is 7.99. The van der Waals surface area contributed by atoms with E-state index < -0.39 is 0 Å². The van der Waals surface area contributed by atoms with E-state index in [4.69, 9.17) is 13.9 Å². The number of thioether (sulfide) groups is 1. The van der Waals surface area contributed by atoms with E-state index in [1.165, 1.54) is 11.8 Å². The molecule has 1 amide bonds. The Hall–Kier alpha value is -2.22. The molecule has 0 N–H and O–H groups in total. The molecular weight excluding hydrogens is 378 g/mol. The molecule has 0 saturated carbocycles. The summed E-state index contributed by atoms with van der Waals surface area (Å²) in [6.45, 7) is 8.34. The Morgan fingerprint density at radius 1 is 1.11 bits per heavy atom. The molecule has 0 unspecified atom stereocenters. The molecule has 1 aromatic heterocycles. The third-order valence-electron chi connectivity index (χ3n) is 4.78. The minimum Gasteiger partial charge on any atom is -0.493 e. The molecule has 0 radical (unpaired) electrons. The van der Waals surface area contributed by atoms with Gasteiger partial charge in [0.05, 0.1) is 20.0 Å². The fourth-order valence-electron chi connectivity index (χ4n) is 2.87. The Morgan fingerprint density at radius 3 is 2.32 bits per heavy atom. The Labute approximate surface area is 170 Å². The summed E-state index contributed by atoms with van der Waals surface area (Å²) in [5, 5.41) is 8.51. The number of aromatic nitrogens is 2. The number of ether oxygens (including phenoxy) is 2. The number of carbonyl (C=O) groups excluding carboxylic acids is 1. The fourth-order valence-corrected chi connectivity index (χ4v) is 3.50. The van der Waals surface area contributed by atoms with Gasteiger partial charge in [-0.3, -0.25) is 4.79 Å². The smallest absolute Gasteiger partial charge is 0.277 e. The molecule has 0 aliphatic heterocycles. The van der Waals surface area contributed by atoms with Crippen LogP contribution in [0.15, 0.2) is 27.8 Å². The molecule has 0 aliphatic carbocycles. The second kappa shape index (κ2) is 10.4. The van der Waals surface area contributed by atoms with Crippen molar-refractivity contribution in [1.82, 2.24) is 15.1 Å². The van der Waals surface area contributed by atoms with Gasteiger partial charge in [0.1, 0.15) is 0 Å². The molecule has 7 nitrogen and oxygen atoms in total. The Balaban J connectivity index is 2.07. The van der Waals surface area contributed by atoms with Crippen LogP contribution in [0.25, 0.3) is 11.5 Å². The van der Waals surface area contributed by atoms with Crippen LogP contribution in [0.4, 0.5) is 0 Å². The number of amides is 1. The molecule has 1 aromatic carbocycles. The predicted octanol–water partition coefficient (Wildman–Crippen LogP) is 4.27. The summed E-state index contributed by atoms with van der Waals surface area (Å²) < 4.78 is 16.3. The molecule has 1 heterocycles. The highest BCUT2D eigenvalue weighted by Crippen LogP contribution is 2.32. The van der Waals surface area contributed by atoms with E-state index in [-0.39, 0.29) is 23.7 Å². The van der Waals surface area contributed by atoms with Crippen molar-refractivity contribution in [2.24, 2.45) is 0 Å². The van der Waals surface area contributed by atoms with E-state index in [2.05, 4.69) is 37.9 Å². The number of hydrogen-bond acceptors (Lipinski definition) is 7. The summed E-state index contributed by atoms with van der Waals surface area (Å²) in [4.78, 5) is 14.7. The van der Waals surface area contributed by atoms with Gasteiger partial charge in [0.25, 0.3) is 5.22 Å². The molecular formula is C20H29N3O4S. The lowest BCUT2D eigenvalue weighted by molar-refractivity contribution is -0.132. The first-order chi connectivity index (χ1) is 13.4. The fraction of sp³-hybridized carbons (Fsp3) is 0.550. The van der Waals surface area contributed by atoms with Gasteiger partial charge in [0.2, 0.25) is 11.8 Å². The van der Waals surface area contributed by atoms with Gasteiger partial charge in [-0.15, -0.1) is 10.2 Å². The van der Waals surface area contributed by atoms with Gasteiger partial charge < -0.3 is 18.8 Å². The van der Waals surface area contributed by atoms with Crippen molar-refractivity contribution >= 4 is 17.7 Å². The topological polar surface area (TPSA) is 77.7 Å². The van der Waals surface area contributed by atoms with Gasteiger partial charge in [-0.2, -0.15) is 0 Å². The predicted molar refractivity (Wildman–Crippen MR) is 110 cm³/mol. The van der Waals surface area contributed by atoms with Crippen LogP contribution < -0.4 is 9.47 Å². The normalized spacial score (nSPS) is 13.1. The van der Waals surface area contributed by atoms with Crippen LogP contribution in [0.1, 0.15) is 40.5 Å². The molecule has 0 bridgehead atoms. The summed E-state index contributed by atoms with van der Waals surface area (Å²) in [7, 11) is 3.15.